The van der Waals surface area contributed by atoms with Gasteiger partial charge in [0.25, 0.3) is 0 Å². The van der Waals surface area contributed by atoms with Crippen LogP contribution in [-0.4, -0.2) is 21.1 Å². The molecule has 1 aliphatic rings. The molecule has 1 heterocycles. The first kappa shape index (κ1) is 12.1. The third kappa shape index (κ3) is 2.68. The van der Waals surface area contributed by atoms with Crippen LogP contribution >= 0.6 is 0 Å². The van der Waals surface area contributed by atoms with Gasteiger partial charge in [0.2, 0.25) is 10.0 Å². The number of ether oxygens (including phenoxy) is 1. The number of hydrogen-bond acceptors (Lipinski definition) is 3. The van der Waals surface area contributed by atoms with Crippen LogP contribution in [0.2, 0.25) is 0 Å². The number of allylic oxidation sites excluding steroid dienone is 1. The van der Waals surface area contributed by atoms with Crippen molar-refractivity contribution >= 4 is 10.0 Å². The number of benzene rings is 1. The van der Waals surface area contributed by atoms with Crippen molar-refractivity contribution in [3.63, 3.8) is 0 Å². The first-order valence-corrected chi connectivity index (χ1v) is 7.04. The molecule has 0 fully saturated rings. The summed E-state index contributed by atoms with van der Waals surface area (Å²) in [6, 6.07) is 6.67. The van der Waals surface area contributed by atoms with E-state index in [0.29, 0.717) is 5.75 Å². The molecule has 1 atom stereocenters. The standard InChI is InChI=1S/C12H15NO3S/c1-2-3-6-10-9-13-17(14,15)12-8-5-4-7-11(12)16-10/h3-8,10,13H,2,9H2,1H3/b6-3-. The monoisotopic (exact) mass is 253 g/mol. The third-order valence-electron chi connectivity index (χ3n) is 2.48. The minimum atomic E-state index is -3.45. The number of rotatable bonds is 2. The van der Waals surface area contributed by atoms with Gasteiger partial charge in [0, 0.05) is 0 Å². The van der Waals surface area contributed by atoms with Gasteiger partial charge in [-0.05, 0) is 24.6 Å². The van der Waals surface area contributed by atoms with Crippen molar-refractivity contribution in [1.29, 1.82) is 0 Å². The molecule has 0 saturated heterocycles. The first-order chi connectivity index (χ1) is 8.13. The Labute approximate surface area is 101 Å². The lowest BCUT2D eigenvalue weighted by Crippen LogP contribution is -2.30. The summed E-state index contributed by atoms with van der Waals surface area (Å²) < 4.78 is 32.0. The highest BCUT2D eigenvalue weighted by Gasteiger charge is 2.25. The van der Waals surface area contributed by atoms with Crippen molar-refractivity contribution in [2.45, 2.75) is 24.3 Å². The fourth-order valence-corrected chi connectivity index (χ4v) is 2.82. The van der Waals surface area contributed by atoms with E-state index in [4.69, 9.17) is 4.74 Å². The van der Waals surface area contributed by atoms with E-state index in [9.17, 15) is 8.42 Å². The number of fused-ring (bicyclic) bond motifs is 1. The molecule has 0 amide bonds. The van der Waals surface area contributed by atoms with Gasteiger partial charge in [-0.3, -0.25) is 0 Å². The Morgan fingerprint density at radius 3 is 3.00 bits per heavy atom. The van der Waals surface area contributed by atoms with E-state index in [-0.39, 0.29) is 17.5 Å². The van der Waals surface area contributed by atoms with E-state index in [1.807, 2.05) is 19.1 Å². The van der Waals surface area contributed by atoms with Crippen LogP contribution in [0.3, 0.4) is 0 Å². The zero-order valence-corrected chi connectivity index (χ0v) is 10.4. The second-order valence-corrected chi connectivity index (χ2v) is 5.53. The summed E-state index contributed by atoms with van der Waals surface area (Å²) in [5.41, 5.74) is 0. The minimum absolute atomic E-state index is 0.201. The Kier molecular flexibility index (Phi) is 3.49. The summed E-state index contributed by atoms with van der Waals surface area (Å²) >= 11 is 0. The van der Waals surface area contributed by atoms with Crippen molar-refractivity contribution in [3.8, 4) is 5.75 Å². The highest BCUT2D eigenvalue weighted by molar-refractivity contribution is 7.89. The Morgan fingerprint density at radius 2 is 2.24 bits per heavy atom. The first-order valence-electron chi connectivity index (χ1n) is 5.55. The van der Waals surface area contributed by atoms with Gasteiger partial charge in [-0.25, -0.2) is 13.1 Å². The van der Waals surface area contributed by atoms with Gasteiger partial charge in [0.15, 0.2) is 0 Å². The second-order valence-electron chi connectivity index (χ2n) is 3.79. The number of para-hydroxylation sites is 1. The van der Waals surface area contributed by atoms with Crippen LogP contribution in [0.1, 0.15) is 13.3 Å². The maximum absolute atomic E-state index is 11.9. The molecular formula is C12H15NO3S. The normalized spacial score (nSPS) is 22.8. The van der Waals surface area contributed by atoms with Gasteiger partial charge in [-0.15, -0.1) is 0 Å². The fraction of sp³-hybridized carbons (Fsp3) is 0.333. The van der Waals surface area contributed by atoms with E-state index < -0.39 is 10.0 Å². The average Bonchev–Trinajstić information content (AvgIpc) is 2.45. The average molecular weight is 253 g/mol. The lowest BCUT2D eigenvalue weighted by molar-refractivity contribution is 0.251. The number of sulfonamides is 1. The van der Waals surface area contributed by atoms with Crippen molar-refractivity contribution in [2.24, 2.45) is 0 Å². The predicted molar refractivity (Wildman–Crippen MR) is 65.5 cm³/mol. The molecule has 2 rings (SSSR count). The summed E-state index contributed by atoms with van der Waals surface area (Å²) in [6.45, 7) is 2.28. The molecule has 0 spiro atoms. The van der Waals surface area contributed by atoms with Crippen LogP contribution in [0, 0.1) is 0 Å². The Balaban J connectivity index is 2.37. The van der Waals surface area contributed by atoms with E-state index in [1.165, 1.54) is 0 Å². The summed E-state index contributed by atoms with van der Waals surface area (Å²) in [6.07, 6.45) is 4.49. The highest BCUT2D eigenvalue weighted by atomic mass is 32.2. The summed E-state index contributed by atoms with van der Waals surface area (Å²) in [7, 11) is -3.45. The molecule has 0 radical (unpaired) electrons. The Hall–Kier alpha value is -1.33. The molecule has 1 unspecified atom stereocenters. The highest BCUT2D eigenvalue weighted by Crippen LogP contribution is 2.26. The van der Waals surface area contributed by atoms with Gasteiger partial charge in [0.1, 0.15) is 16.7 Å². The maximum Gasteiger partial charge on any atom is 0.244 e. The minimum Gasteiger partial charge on any atom is -0.484 e. The fourth-order valence-electron chi connectivity index (χ4n) is 1.64. The molecule has 5 heteroatoms. The maximum atomic E-state index is 11.9. The SMILES string of the molecule is CC/C=C\C1CNS(=O)(=O)c2ccccc2O1. The third-order valence-corrected chi connectivity index (χ3v) is 3.94. The van der Waals surface area contributed by atoms with Crippen molar-refractivity contribution < 1.29 is 13.2 Å². The van der Waals surface area contributed by atoms with Crippen LogP contribution in [0.25, 0.3) is 0 Å². The molecule has 4 nitrogen and oxygen atoms in total. The topological polar surface area (TPSA) is 55.4 Å². The molecule has 1 aromatic carbocycles. The lowest BCUT2D eigenvalue weighted by Gasteiger charge is -2.11. The van der Waals surface area contributed by atoms with Gasteiger partial charge < -0.3 is 4.74 Å². The molecule has 0 aromatic heterocycles. The van der Waals surface area contributed by atoms with Crippen molar-refractivity contribution in [1.82, 2.24) is 4.72 Å². The molecule has 0 bridgehead atoms. The van der Waals surface area contributed by atoms with E-state index >= 15 is 0 Å². The zero-order valence-electron chi connectivity index (χ0n) is 9.59. The van der Waals surface area contributed by atoms with E-state index in [0.717, 1.165) is 6.42 Å². The zero-order chi connectivity index (χ0) is 12.3. The molecular weight excluding hydrogens is 238 g/mol. The van der Waals surface area contributed by atoms with Crippen LogP contribution in [0.15, 0.2) is 41.3 Å². The summed E-state index contributed by atoms with van der Waals surface area (Å²) in [4.78, 5) is 0.201. The van der Waals surface area contributed by atoms with Gasteiger partial charge >= 0.3 is 0 Å². The number of nitrogens with one attached hydrogen (secondary N) is 1. The van der Waals surface area contributed by atoms with Crippen LogP contribution < -0.4 is 9.46 Å². The Morgan fingerprint density at radius 1 is 1.47 bits per heavy atom. The molecule has 17 heavy (non-hydrogen) atoms. The Bertz CT molecular complexity index is 522. The predicted octanol–water partition coefficient (Wildman–Crippen LogP) is 1.69. The quantitative estimate of drug-likeness (QED) is 0.816. The largest absolute Gasteiger partial charge is 0.484 e. The molecule has 92 valence electrons. The molecule has 1 N–H and O–H groups in total. The lowest BCUT2D eigenvalue weighted by atomic mass is 10.3. The second kappa shape index (κ2) is 4.89. The van der Waals surface area contributed by atoms with Gasteiger partial charge in [0.05, 0.1) is 6.54 Å². The van der Waals surface area contributed by atoms with Crippen LogP contribution in [0.5, 0.6) is 5.75 Å². The van der Waals surface area contributed by atoms with Gasteiger partial charge in [-0.1, -0.05) is 25.1 Å². The van der Waals surface area contributed by atoms with Crippen LogP contribution in [-0.2, 0) is 10.0 Å². The van der Waals surface area contributed by atoms with Gasteiger partial charge in [-0.2, -0.15) is 0 Å². The van der Waals surface area contributed by atoms with Crippen molar-refractivity contribution in [3.05, 3.63) is 36.4 Å². The molecule has 1 aliphatic heterocycles. The molecule has 1 aromatic rings. The summed E-state index contributed by atoms with van der Waals surface area (Å²) in [5.74, 6) is 0.406. The van der Waals surface area contributed by atoms with E-state index in [2.05, 4.69) is 4.72 Å². The summed E-state index contributed by atoms with van der Waals surface area (Å²) in [5, 5.41) is 0. The smallest absolute Gasteiger partial charge is 0.244 e. The molecule has 0 saturated carbocycles. The number of hydrogen-bond donors (Lipinski definition) is 1. The van der Waals surface area contributed by atoms with Crippen LogP contribution in [0.4, 0.5) is 0 Å². The van der Waals surface area contributed by atoms with E-state index in [1.54, 1.807) is 24.3 Å². The molecule has 0 aliphatic carbocycles. The van der Waals surface area contributed by atoms with Crippen molar-refractivity contribution in [2.75, 3.05) is 6.54 Å².